The van der Waals surface area contributed by atoms with Gasteiger partial charge in [0.2, 0.25) is 0 Å². The van der Waals surface area contributed by atoms with Crippen molar-refractivity contribution in [1.82, 2.24) is 5.32 Å². The zero-order chi connectivity index (χ0) is 15.6. The summed E-state index contributed by atoms with van der Waals surface area (Å²) < 4.78 is 14.3. The van der Waals surface area contributed by atoms with Gasteiger partial charge in [0.25, 0.3) is 5.91 Å². The molecule has 0 aliphatic rings. The van der Waals surface area contributed by atoms with Gasteiger partial charge in [-0.15, -0.1) is 0 Å². The Hall–Kier alpha value is -1.88. The third kappa shape index (κ3) is 3.82. The van der Waals surface area contributed by atoms with Gasteiger partial charge in [-0.3, -0.25) is 4.79 Å². The van der Waals surface area contributed by atoms with Crippen LogP contribution < -0.4 is 11.1 Å². The van der Waals surface area contributed by atoms with E-state index in [2.05, 4.69) is 21.2 Å². The number of carbonyl (C=O) groups is 1. The zero-order valence-corrected chi connectivity index (χ0v) is 13.4. The minimum atomic E-state index is -0.298. The van der Waals surface area contributed by atoms with Crippen LogP contribution in [0.1, 0.15) is 34.5 Å². The lowest BCUT2D eigenvalue weighted by molar-refractivity contribution is 0.0940. The predicted molar refractivity (Wildman–Crippen MR) is 85.6 cm³/mol. The second kappa shape index (κ2) is 6.26. The van der Waals surface area contributed by atoms with Gasteiger partial charge >= 0.3 is 0 Å². The lowest BCUT2D eigenvalue weighted by Gasteiger charge is -2.15. The summed E-state index contributed by atoms with van der Waals surface area (Å²) in [5.41, 5.74) is 7.98. The van der Waals surface area contributed by atoms with Gasteiger partial charge in [-0.2, -0.15) is 0 Å². The monoisotopic (exact) mass is 350 g/mol. The van der Waals surface area contributed by atoms with Crippen LogP contribution in [0.4, 0.5) is 10.1 Å². The molecule has 3 nitrogen and oxygen atoms in total. The number of nitrogens with two attached hydrogens (primary N) is 1. The molecular weight excluding hydrogens is 335 g/mol. The molecule has 3 N–H and O–H groups in total. The smallest absolute Gasteiger partial charge is 0.251 e. The Kier molecular flexibility index (Phi) is 4.63. The Labute approximate surface area is 131 Å². The Bertz CT molecular complexity index is 668. The van der Waals surface area contributed by atoms with Gasteiger partial charge in [-0.25, -0.2) is 4.39 Å². The Balaban J connectivity index is 2.16. The molecule has 0 radical (unpaired) electrons. The van der Waals surface area contributed by atoms with Crippen LogP contribution >= 0.6 is 15.9 Å². The van der Waals surface area contributed by atoms with Gasteiger partial charge in [0.1, 0.15) is 5.82 Å². The first-order valence-corrected chi connectivity index (χ1v) is 7.29. The largest absolute Gasteiger partial charge is 0.399 e. The van der Waals surface area contributed by atoms with Crippen molar-refractivity contribution in [2.75, 3.05) is 5.73 Å². The van der Waals surface area contributed by atoms with Crippen LogP contribution in [0, 0.1) is 12.7 Å². The van der Waals surface area contributed by atoms with E-state index in [0.717, 1.165) is 10.0 Å². The molecule has 21 heavy (non-hydrogen) atoms. The highest BCUT2D eigenvalue weighted by Crippen LogP contribution is 2.20. The molecule has 0 fully saturated rings. The SMILES string of the molecule is Cc1ccc(C(C)NC(=O)c2cc(N)cc(Br)c2)cc1F. The maximum atomic E-state index is 13.6. The van der Waals surface area contributed by atoms with E-state index in [1.165, 1.54) is 6.07 Å². The molecule has 1 amide bonds. The van der Waals surface area contributed by atoms with E-state index < -0.39 is 0 Å². The maximum Gasteiger partial charge on any atom is 0.251 e. The van der Waals surface area contributed by atoms with Crippen LogP contribution in [-0.2, 0) is 0 Å². The molecule has 0 saturated heterocycles. The minimum Gasteiger partial charge on any atom is -0.399 e. The fourth-order valence-corrected chi connectivity index (χ4v) is 2.50. The molecule has 0 aliphatic heterocycles. The predicted octanol–water partition coefficient (Wildman–Crippen LogP) is 3.97. The van der Waals surface area contributed by atoms with Gasteiger partial charge in [0.15, 0.2) is 0 Å². The number of nitrogen functional groups attached to an aromatic ring is 1. The van der Waals surface area contributed by atoms with Crippen LogP contribution in [0.5, 0.6) is 0 Å². The molecular formula is C16H16BrFN2O. The summed E-state index contributed by atoms with van der Waals surface area (Å²) in [6.07, 6.45) is 0. The standard InChI is InChI=1S/C16H16BrFN2O/c1-9-3-4-11(7-15(9)18)10(2)20-16(21)12-5-13(17)8-14(19)6-12/h3-8,10H,19H2,1-2H3,(H,20,21). The Morgan fingerprint density at radius 3 is 2.62 bits per heavy atom. The van der Waals surface area contributed by atoms with Crippen molar-refractivity contribution in [2.45, 2.75) is 19.9 Å². The first-order valence-electron chi connectivity index (χ1n) is 6.50. The van der Waals surface area contributed by atoms with Crippen molar-refractivity contribution < 1.29 is 9.18 Å². The number of anilines is 1. The number of hydrogen-bond donors (Lipinski definition) is 2. The average molecular weight is 351 g/mol. The number of rotatable bonds is 3. The summed E-state index contributed by atoms with van der Waals surface area (Å²) in [6, 6.07) is 9.65. The fourth-order valence-electron chi connectivity index (χ4n) is 1.99. The van der Waals surface area contributed by atoms with E-state index in [9.17, 15) is 9.18 Å². The highest BCUT2D eigenvalue weighted by Gasteiger charge is 2.13. The number of carbonyl (C=O) groups excluding carboxylic acids is 1. The Morgan fingerprint density at radius 2 is 2.00 bits per heavy atom. The average Bonchev–Trinajstić information content (AvgIpc) is 2.40. The molecule has 1 unspecified atom stereocenters. The zero-order valence-electron chi connectivity index (χ0n) is 11.8. The van der Waals surface area contributed by atoms with Crippen LogP contribution in [0.25, 0.3) is 0 Å². The highest BCUT2D eigenvalue weighted by atomic mass is 79.9. The van der Waals surface area contributed by atoms with Crippen molar-refractivity contribution in [3.8, 4) is 0 Å². The molecule has 0 heterocycles. The topological polar surface area (TPSA) is 55.1 Å². The van der Waals surface area contributed by atoms with E-state index >= 15 is 0 Å². The third-order valence-electron chi connectivity index (χ3n) is 3.23. The highest BCUT2D eigenvalue weighted by molar-refractivity contribution is 9.10. The summed E-state index contributed by atoms with van der Waals surface area (Å²) in [5.74, 6) is -0.531. The molecule has 5 heteroatoms. The normalized spacial score (nSPS) is 12.0. The van der Waals surface area contributed by atoms with Gasteiger partial charge in [-0.1, -0.05) is 28.1 Å². The number of amides is 1. The summed E-state index contributed by atoms with van der Waals surface area (Å²) in [6.45, 7) is 3.51. The number of benzene rings is 2. The van der Waals surface area contributed by atoms with Crippen molar-refractivity contribution in [1.29, 1.82) is 0 Å². The maximum absolute atomic E-state index is 13.6. The number of nitrogens with one attached hydrogen (secondary N) is 1. The number of halogens is 2. The van der Waals surface area contributed by atoms with Crippen molar-refractivity contribution in [3.05, 3.63) is 63.4 Å². The van der Waals surface area contributed by atoms with E-state index in [1.54, 1.807) is 37.3 Å². The molecule has 110 valence electrons. The minimum absolute atomic E-state index is 0.253. The van der Waals surface area contributed by atoms with E-state index in [-0.39, 0.29) is 17.8 Å². The van der Waals surface area contributed by atoms with Crippen LogP contribution in [0.2, 0.25) is 0 Å². The van der Waals surface area contributed by atoms with Crippen molar-refractivity contribution in [2.24, 2.45) is 0 Å². The lowest BCUT2D eigenvalue weighted by Crippen LogP contribution is -2.26. The van der Waals surface area contributed by atoms with Gasteiger partial charge in [-0.05, 0) is 49.2 Å². The van der Waals surface area contributed by atoms with Gasteiger partial charge in [0.05, 0.1) is 6.04 Å². The summed E-state index contributed by atoms with van der Waals surface area (Å²) in [4.78, 5) is 12.2. The molecule has 0 bridgehead atoms. The lowest BCUT2D eigenvalue weighted by atomic mass is 10.1. The van der Waals surface area contributed by atoms with E-state index in [1.807, 2.05) is 6.92 Å². The first kappa shape index (κ1) is 15.5. The van der Waals surface area contributed by atoms with Crippen molar-refractivity contribution >= 4 is 27.5 Å². The molecule has 2 aromatic rings. The Morgan fingerprint density at radius 1 is 1.29 bits per heavy atom. The summed E-state index contributed by atoms with van der Waals surface area (Å²) in [7, 11) is 0. The number of aryl methyl sites for hydroxylation is 1. The molecule has 0 spiro atoms. The molecule has 0 saturated carbocycles. The number of hydrogen-bond acceptors (Lipinski definition) is 2. The second-order valence-electron chi connectivity index (χ2n) is 4.98. The fraction of sp³-hybridized carbons (Fsp3) is 0.188. The molecule has 1 atom stereocenters. The summed E-state index contributed by atoms with van der Waals surface area (Å²) >= 11 is 3.30. The van der Waals surface area contributed by atoms with Crippen LogP contribution in [-0.4, -0.2) is 5.91 Å². The third-order valence-corrected chi connectivity index (χ3v) is 3.68. The molecule has 0 aromatic heterocycles. The molecule has 0 aliphatic carbocycles. The van der Waals surface area contributed by atoms with Crippen LogP contribution in [0.3, 0.4) is 0 Å². The quantitative estimate of drug-likeness (QED) is 0.823. The van der Waals surface area contributed by atoms with Crippen LogP contribution in [0.15, 0.2) is 40.9 Å². The first-order chi connectivity index (χ1) is 9.86. The second-order valence-corrected chi connectivity index (χ2v) is 5.89. The van der Waals surface area contributed by atoms with Crippen molar-refractivity contribution in [3.63, 3.8) is 0 Å². The van der Waals surface area contributed by atoms with E-state index in [4.69, 9.17) is 5.73 Å². The van der Waals surface area contributed by atoms with E-state index in [0.29, 0.717) is 16.8 Å². The molecule has 2 aromatic carbocycles. The summed E-state index contributed by atoms with van der Waals surface area (Å²) in [5, 5.41) is 2.83. The van der Waals surface area contributed by atoms with Gasteiger partial charge in [0, 0.05) is 15.7 Å². The van der Waals surface area contributed by atoms with Gasteiger partial charge < -0.3 is 11.1 Å². The molecule has 2 rings (SSSR count).